The van der Waals surface area contributed by atoms with Crippen LogP contribution >= 0.6 is 0 Å². The van der Waals surface area contributed by atoms with Gasteiger partial charge in [0.05, 0.1) is 13.2 Å². The van der Waals surface area contributed by atoms with Gasteiger partial charge in [0.2, 0.25) is 0 Å². The van der Waals surface area contributed by atoms with E-state index in [-0.39, 0.29) is 0 Å². The molecule has 1 aliphatic rings. The Morgan fingerprint density at radius 1 is 1.29 bits per heavy atom. The maximum absolute atomic E-state index is 5.61. The van der Waals surface area contributed by atoms with E-state index < -0.39 is 0 Å². The first-order valence-corrected chi connectivity index (χ1v) is 6.43. The number of benzene rings is 1. The van der Waals surface area contributed by atoms with Gasteiger partial charge in [0, 0.05) is 18.8 Å². The number of nitrogens with zero attached hydrogens (tertiary/aromatic N) is 1. The van der Waals surface area contributed by atoms with Crippen LogP contribution in [0.2, 0.25) is 0 Å². The Morgan fingerprint density at radius 2 is 2.06 bits per heavy atom. The van der Waals surface area contributed by atoms with E-state index in [0.29, 0.717) is 0 Å². The van der Waals surface area contributed by atoms with Crippen LogP contribution in [0.3, 0.4) is 0 Å². The van der Waals surface area contributed by atoms with E-state index in [9.17, 15) is 0 Å². The smallest absolute Gasteiger partial charge is 0.0642 e. The zero-order valence-electron chi connectivity index (χ0n) is 10.6. The molecule has 1 heterocycles. The molecular formula is C14H22N2O. The van der Waals surface area contributed by atoms with Gasteiger partial charge in [-0.05, 0) is 37.9 Å². The predicted octanol–water partition coefficient (Wildman–Crippen LogP) is 1.72. The van der Waals surface area contributed by atoms with Gasteiger partial charge in [-0.15, -0.1) is 0 Å². The van der Waals surface area contributed by atoms with Crippen LogP contribution in [0.4, 0.5) is 5.69 Å². The summed E-state index contributed by atoms with van der Waals surface area (Å²) in [5.41, 5.74) is 9.73. The SMILES string of the molecule is Cc1ccc(N2CCOCC2)c(CCCN)c1. The lowest BCUT2D eigenvalue weighted by Crippen LogP contribution is -2.36. The summed E-state index contributed by atoms with van der Waals surface area (Å²) < 4.78 is 5.40. The minimum absolute atomic E-state index is 0.760. The standard InChI is InChI=1S/C14H22N2O/c1-12-4-5-14(13(11-12)3-2-6-15)16-7-9-17-10-8-16/h4-5,11H,2-3,6-10,15H2,1H3. The molecule has 3 nitrogen and oxygen atoms in total. The molecule has 0 unspecified atom stereocenters. The number of anilines is 1. The summed E-state index contributed by atoms with van der Waals surface area (Å²) in [6.45, 7) is 6.58. The van der Waals surface area contributed by atoms with Crippen molar-refractivity contribution in [3.8, 4) is 0 Å². The van der Waals surface area contributed by atoms with E-state index in [1.54, 1.807) is 0 Å². The van der Waals surface area contributed by atoms with Crippen LogP contribution in [0.5, 0.6) is 0 Å². The number of ether oxygens (including phenoxy) is 1. The second-order valence-electron chi connectivity index (χ2n) is 4.62. The fourth-order valence-electron chi connectivity index (χ4n) is 2.32. The maximum Gasteiger partial charge on any atom is 0.0642 e. The minimum Gasteiger partial charge on any atom is -0.378 e. The number of hydrogen-bond donors (Lipinski definition) is 1. The van der Waals surface area contributed by atoms with Gasteiger partial charge >= 0.3 is 0 Å². The summed E-state index contributed by atoms with van der Waals surface area (Å²) in [5, 5.41) is 0. The number of morpholine rings is 1. The maximum atomic E-state index is 5.61. The van der Waals surface area contributed by atoms with E-state index >= 15 is 0 Å². The molecule has 2 rings (SSSR count). The van der Waals surface area contributed by atoms with Crippen molar-refractivity contribution in [1.29, 1.82) is 0 Å². The van der Waals surface area contributed by atoms with Crippen molar-refractivity contribution in [3.05, 3.63) is 29.3 Å². The van der Waals surface area contributed by atoms with E-state index in [1.807, 2.05) is 0 Å². The molecule has 0 aliphatic carbocycles. The molecule has 0 saturated carbocycles. The highest BCUT2D eigenvalue weighted by molar-refractivity contribution is 5.55. The molecule has 2 N–H and O–H groups in total. The minimum atomic E-state index is 0.760. The van der Waals surface area contributed by atoms with Crippen LogP contribution in [0.25, 0.3) is 0 Å². The largest absolute Gasteiger partial charge is 0.378 e. The number of aryl methyl sites for hydroxylation is 2. The lowest BCUT2D eigenvalue weighted by molar-refractivity contribution is 0.122. The molecule has 1 aromatic carbocycles. The molecule has 0 spiro atoms. The number of rotatable bonds is 4. The summed E-state index contributed by atoms with van der Waals surface area (Å²) >= 11 is 0. The summed E-state index contributed by atoms with van der Waals surface area (Å²) in [4.78, 5) is 2.43. The average Bonchev–Trinajstić information content (AvgIpc) is 2.37. The van der Waals surface area contributed by atoms with E-state index in [0.717, 1.165) is 45.7 Å². The summed E-state index contributed by atoms with van der Waals surface area (Å²) in [6.07, 6.45) is 2.13. The summed E-state index contributed by atoms with van der Waals surface area (Å²) in [7, 11) is 0. The predicted molar refractivity (Wildman–Crippen MR) is 71.6 cm³/mol. The van der Waals surface area contributed by atoms with E-state index in [1.165, 1.54) is 16.8 Å². The van der Waals surface area contributed by atoms with Crippen LogP contribution in [0, 0.1) is 6.92 Å². The molecule has 0 radical (unpaired) electrons. The molecule has 3 heteroatoms. The lowest BCUT2D eigenvalue weighted by Gasteiger charge is -2.31. The van der Waals surface area contributed by atoms with Crippen LogP contribution in [-0.4, -0.2) is 32.8 Å². The molecule has 0 bridgehead atoms. The van der Waals surface area contributed by atoms with Gasteiger partial charge in [-0.1, -0.05) is 17.7 Å². The van der Waals surface area contributed by atoms with Crippen molar-refractivity contribution in [2.75, 3.05) is 37.7 Å². The quantitative estimate of drug-likeness (QED) is 0.862. The summed E-state index contributed by atoms with van der Waals surface area (Å²) in [6, 6.07) is 6.73. The third-order valence-electron chi connectivity index (χ3n) is 3.24. The third-order valence-corrected chi connectivity index (χ3v) is 3.24. The molecule has 94 valence electrons. The molecule has 17 heavy (non-hydrogen) atoms. The van der Waals surface area contributed by atoms with Crippen LogP contribution in [0.15, 0.2) is 18.2 Å². The second-order valence-corrected chi connectivity index (χ2v) is 4.62. The zero-order chi connectivity index (χ0) is 12.1. The molecular weight excluding hydrogens is 212 g/mol. The fourth-order valence-corrected chi connectivity index (χ4v) is 2.32. The second kappa shape index (κ2) is 6.03. The fraction of sp³-hybridized carbons (Fsp3) is 0.571. The van der Waals surface area contributed by atoms with Gasteiger partial charge in [-0.2, -0.15) is 0 Å². The molecule has 1 aromatic rings. The molecule has 0 aromatic heterocycles. The van der Waals surface area contributed by atoms with E-state index in [4.69, 9.17) is 10.5 Å². The number of hydrogen-bond acceptors (Lipinski definition) is 3. The Labute approximate surface area is 104 Å². The van der Waals surface area contributed by atoms with Crippen molar-refractivity contribution in [2.24, 2.45) is 5.73 Å². The monoisotopic (exact) mass is 234 g/mol. The van der Waals surface area contributed by atoms with Crippen molar-refractivity contribution >= 4 is 5.69 Å². The highest BCUT2D eigenvalue weighted by Gasteiger charge is 2.14. The van der Waals surface area contributed by atoms with Crippen molar-refractivity contribution in [3.63, 3.8) is 0 Å². The Hall–Kier alpha value is -1.06. The van der Waals surface area contributed by atoms with Gasteiger partial charge in [-0.25, -0.2) is 0 Å². The highest BCUT2D eigenvalue weighted by Crippen LogP contribution is 2.24. The lowest BCUT2D eigenvalue weighted by atomic mass is 10.0. The first-order valence-electron chi connectivity index (χ1n) is 6.43. The van der Waals surface area contributed by atoms with Gasteiger partial charge < -0.3 is 15.4 Å². The Kier molecular flexibility index (Phi) is 4.40. The Morgan fingerprint density at radius 3 is 2.76 bits per heavy atom. The zero-order valence-corrected chi connectivity index (χ0v) is 10.6. The Bertz CT molecular complexity index is 359. The van der Waals surface area contributed by atoms with Gasteiger partial charge in [0.1, 0.15) is 0 Å². The van der Waals surface area contributed by atoms with Crippen molar-refractivity contribution in [2.45, 2.75) is 19.8 Å². The molecule has 0 atom stereocenters. The molecule has 1 saturated heterocycles. The summed E-state index contributed by atoms with van der Waals surface area (Å²) in [5.74, 6) is 0. The van der Waals surface area contributed by atoms with Gasteiger partial charge in [-0.3, -0.25) is 0 Å². The van der Waals surface area contributed by atoms with E-state index in [2.05, 4.69) is 30.0 Å². The first-order chi connectivity index (χ1) is 8.31. The number of nitrogens with two attached hydrogens (primary N) is 1. The average molecular weight is 234 g/mol. The highest BCUT2D eigenvalue weighted by atomic mass is 16.5. The van der Waals surface area contributed by atoms with Crippen LogP contribution in [0.1, 0.15) is 17.5 Å². The molecule has 1 fully saturated rings. The van der Waals surface area contributed by atoms with Crippen molar-refractivity contribution < 1.29 is 4.74 Å². The topological polar surface area (TPSA) is 38.5 Å². The normalized spacial score (nSPS) is 16.2. The van der Waals surface area contributed by atoms with Gasteiger partial charge in [0.25, 0.3) is 0 Å². The van der Waals surface area contributed by atoms with Crippen LogP contribution < -0.4 is 10.6 Å². The van der Waals surface area contributed by atoms with Gasteiger partial charge in [0.15, 0.2) is 0 Å². The molecule has 0 amide bonds. The van der Waals surface area contributed by atoms with Crippen LogP contribution in [-0.2, 0) is 11.2 Å². The molecule has 1 aliphatic heterocycles. The third kappa shape index (κ3) is 3.20. The Balaban J connectivity index is 2.18. The first kappa shape index (κ1) is 12.4. The van der Waals surface area contributed by atoms with Crippen molar-refractivity contribution in [1.82, 2.24) is 0 Å².